The van der Waals surface area contributed by atoms with Crippen molar-refractivity contribution in [1.82, 2.24) is 5.32 Å². The van der Waals surface area contributed by atoms with E-state index >= 15 is 0 Å². The standard InChI is InChI=1S/C11H22N2O2.ClH/c1-3-15-8(2)11(14)13-10-6-4-9(12)5-7-10;/h8-10H,3-7,12H2,1-2H3,(H,13,14);1H. The zero-order valence-electron chi connectivity index (χ0n) is 10.1. The Bertz CT molecular complexity index is 206. The van der Waals surface area contributed by atoms with Crippen molar-refractivity contribution in [2.75, 3.05) is 6.61 Å². The molecule has 0 aromatic carbocycles. The molecule has 0 spiro atoms. The summed E-state index contributed by atoms with van der Waals surface area (Å²) >= 11 is 0. The van der Waals surface area contributed by atoms with Gasteiger partial charge in [0.25, 0.3) is 0 Å². The molecule has 0 heterocycles. The van der Waals surface area contributed by atoms with E-state index in [4.69, 9.17) is 10.5 Å². The van der Waals surface area contributed by atoms with Crippen LogP contribution in [0.2, 0.25) is 0 Å². The predicted octanol–water partition coefficient (Wildman–Crippen LogP) is 1.22. The zero-order valence-corrected chi connectivity index (χ0v) is 10.9. The van der Waals surface area contributed by atoms with Crippen LogP contribution < -0.4 is 11.1 Å². The van der Waals surface area contributed by atoms with Crippen LogP contribution in [0, 0.1) is 0 Å². The van der Waals surface area contributed by atoms with Crippen LogP contribution in [0.1, 0.15) is 39.5 Å². The average Bonchev–Trinajstić information content (AvgIpc) is 2.22. The first-order chi connectivity index (χ1) is 7.13. The maximum atomic E-state index is 11.6. The number of rotatable bonds is 4. The van der Waals surface area contributed by atoms with Crippen LogP contribution in [0.15, 0.2) is 0 Å². The Morgan fingerprint density at radius 1 is 1.44 bits per heavy atom. The number of nitrogens with one attached hydrogen (secondary N) is 1. The highest BCUT2D eigenvalue weighted by atomic mass is 35.5. The molecular formula is C11H23ClN2O2. The summed E-state index contributed by atoms with van der Waals surface area (Å²) in [5.74, 6) is -0.00248. The Balaban J connectivity index is 0.00000225. The summed E-state index contributed by atoms with van der Waals surface area (Å²) in [4.78, 5) is 11.6. The highest BCUT2D eigenvalue weighted by Crippen LogP contribution is 2.16. The van der Waals surface area contributed by atoms with Crippen molar-refractivity contribution in [1.29, 1.82) is 0 Å². The quantitative estimate of drug-likeness (QED) is 0.789. The Hall–Kier alpha value is -0.320. The van der Waals surface area contributed by atoms with Gasteiger partial charge in [-0.3, -0.25) is 4.79 Å². The van der Waals surface area contributed by atoms with Gasteiger partial charge in [0.05, 0.1) is 0 Å². The first kappa shape index (κ1) is 15.7. The third-order valence-corrected chi connectivity index (χ3v) is 2.90. The molecule has 0 aliphatic heterocycles. The molecule has 16 heavy (non-hydrogen) atoms. The van der Waals surface area contributed by atoms with Crippen LogP contribution in [-0.2, 0) is 9.53 Å². The minimum atomic E-state index is -0.342. The lowest BCUT2D eigenvalue weighted by Gasteiger charge is -2.27. The van der Waals surface area contributed by atoms with E-state index in [0.717, 1.165) is 25.7 Å². The SMILES string of the molecule is CCOC(C)C(=O)NC1CCC(N)CC1.Cl. The summed E-state index contributed by atoms with van der Waals surface area (Å²) in [6.07, 6.45) is 3.66. The number of nitrogens with two attached hydrogens (primary N) is 1. The van der Waals surface area contributed by atoms with Crippen LogP contribution in [0.5, 0.6) is 0 Å². The largest absolute Gasteiger partial charge is 0.369 e. The fourth-order valence-electron chi connectivity index (χ4n) is 1.91. The molecule has 1 atom stereocenters. The minimum absolute atomic E-state index is 0. The molecule has 96 valence electrons. The maximum Gasteiger partial charge on any atom is 0.249 e. The van der Waals surface area contributed by atoms with Crippen LogP contribution in [-0.4, -0.2) is 30.7 Å². The average molecular weight is 251 g/mol. The van der Waals surface area contributed by atoms with Gasteiger partial charge in [-0.05, 0) is 39.5 Å². The van der Waals surface area contributed by atoms with E-state index in [2.05, 4.69) is 5.32 Å². The fraction of sp³-hybridized carbons (Fsp3) is 0.909. The summed E-state index contributed by atoms with van der Waals surface area (Å²) in [5, 5.41) is 3.00. The predicted molar refractivity (Wildman–Crippen MR) is 66.7 cm³/mol. The molecule has 1 rings (SSSR count). The molecule has 3 N–H and O–H groups in total. The summed E-state index contributed by atoms with van der Waals surface area (Å²) < 4.78 is 5.23. The smallest absolute Gasteiger partial charge is 0.249 e. The summed E-state index contributed by atoms with van der Waals surface area (Å²) in [6.45, 7) is 4.25. The van der Waals surface area contributed by atoms with Gasteiger partial charge in [0.15, 0.2) is 0 Å². The van der Waals surface area contributed by atoms with Crippen molar-refractivity contribution in [2.45, 2.75) is 57.7 Å². The normalized spacial score (nSPS) is 26.7. The van der Waals surface area contributed by atoms with Gasteiger partial charge in [0, 0.05) is 18.7 Å². The molecule has 1 aliphatic rings. The number of amides is 1. The summed E-state index contributed by atoms with van der Waals surface area (Å²) in [6, 6.07) is 0.614. The lowest BCUT2D eigenvalue weighted by atomic mass is 9.92. The second-order valence-electron chi connectivity index (χ2n) is 4.22. The third kappa shape index (κ3) is 5.14. The molecule has 0 saturated heterocycles. The first-order valence-corrected chi connectivity index (χ1v) is 5.81. The molecule has 0 aromatic heterocycles. The van der Waals surface area contributed by atoms with E-state index in [1.165, 1.54) is 0 Å². The topological polar surface area (TPSA) is 64.3 Å². The second-order valence-corrected chi connectivity index (χ2v) is 4.22. The van der Waals surface area contributed by atoms with E-state index in [1.807, 2.05) is 6.92 Å². The molecule has 4 nitrogen and oxygen atoms in total. The molecule has 1 aliphatic carbocycles. The third-order valence-electron chi connectivity index (χ3n) is 2.90. The number of hydrogen-bond acceptors (Lipinski definition) is 3. The van der Waals surface area contributed by atoms with Crippen molar-refractivity contribution in [2.24, 2.45) is 5.73 Å². The van der Waals surface area contributed by atoms with Gasteiger partial charge in [-0.1, -0.05) is 0 Å². The Morgan fingerprint density at radius 3 is 2.50 bits per heavy atom. The van der Waals surface area contributed by atoms with Gasteiger partial charge in [-0.2, -0.15) is 0 Å². The van der Waals surface area contributed by atoms with Gasteiger partial charge in [-0.15, -0.1) is 12.4 Å². The molecule has 0 bridgehead atoms. The van der Waals surface area contributed by atoms with E-state index in [0.29, 0.717) is 18.7 Å². The van der Waals surface area contributed by atoms with Crippen molar-refractivity contribution < 1.29 is 9.53 Å². The maximum absolute atomic E-state index is 11.6. The molecule has 5 heteroatoms. The zero-order chi connectivity index (χ0) is 11.3. The Labute approximate surface area is 104 Å². The highest BCUT2D eigenvalue weighted by molar-refractivity contribution is 5.85. The van der Waals surface area contributed by atoms with E-state index in [9.17, 15) is 4.79 Å². The summed E-state index contributed by atoms with van der Waals surface area (Å²) in [5.41, 5.74) is 5.80. The van der Waals surface area contributed by atoms with Crippen molar-refractivity contribution >= 4 is 18.3 Å². The van der Waals surface area contributed by atoms with E-state index < -0.39 is 0 Å². The van der Waals surface area contributed by atoms with E-state index in [1.54, 1.807) is 6.92 Å². The second kappa shape index (κ2) is 7.87. The molecule has 1 amide bonds. The molecule has 0 radical (unpaired) electrons. The first-order valence-electron chi connectivity index (χ1n) is 5.81. The molecule has 1 saturated carbocycles. The number of hydrogen-bond donors (Lipinski definition) is 2. The number of carbonyl (C=O) groups excluding carboxylic acids is 1. The van der Waals surface area contributed by atoms with Gasteiger partial charge in [-0.25, -0.2) is 0 Å². The van der Waals surface area contributed by atoms with Gasteiger partial charge in [0.1, 0.15) is 6.10 Å². The van der Waals surface area contributed by atoms with Crippen molar-refractivity contribution in [3.63, 3.8) is 0 Å². The fourth-order valence-corrected chi connectivity index (χ4v) is 1.91. The number of carbonyl (C=O) groups is 1. The minimum Gasteiger partial charge on any atom is -0.369 e. The molecule has 1 fully saturated rings. The monoisotopic (exact) mass is 250 g/mol. The van der Waals surface area contributed by atoms with E-state index in [-0.39, 0.29) is 24.4 Å². The van der Waals surface area contributed by atoms with Crippen LogP contribution in [0.3, 0.4) is 0 Å². The molecule has 1 unspecified atom stereocenters. The van der Waals surface area contributed by atoms with Gasteiger partial charge < -0.3 is 15.8 Å². The van der Waals surface area contributed by atoms with Crippen molar-refractivity contribution in [3.05, 3.63) is 0 Å². The van der Waals surface area contributed by atoms with Crippen LogP contribution in [0.25, 0.3) is 0 Å². The Morgan fingerprint density at radius 2 is 2.00 bits per heavy atom. The molecule has 0 aromatic rings. The van der Waals surface area contributed by atoms with Crippen LogP contribution >= 0.6 is 12.4 Å². The molecular weight excluding hydrogens is 228 g/mol. The number of ether oxygens (including phenoxy) is 1. The number of halogens is 1. The lowest BCUT2D eigenvalue weighted by molar-refractivity contribution is -0.132. The Kier molecular flexibility index (Phi) is 7.72. The van der Waals surface area contributed by atoms with Crippen molar-refractivity contribution in [3.8, 4) is 0 Å². The van der Waals surface area contributed by atoms with Gasteiger partial charge in [0.2, 0.25) is 5.91 Å². The highest BCUT2D eigenvalue weighted by Gasteiger charge is 2.22. The van der Waals surface area contributed by atoms with Gasteiger partial charge >= 0.3 is 0 Å². The lowest BCUT2D eigenvalue weighted by Crippen LogP contribution is -2.44. The summed E-state index contributed by atoms with van der Waals surface area (Å²) in [7, 11) is 0. The van der Waals surface area contributed by atoms with Crippen LogP contribution in [0.4, 0.5) is 0 Å².